The fraction of sp³-hybridized carbons (Fsp3) is 0.118. The molecule has 0 radical (unpaired) electrons. The molecular formula is C17H15F4N7O2. The number of nitrogens with zero attached hydrogens (tertiary/aromatic N) is 4. The lowest BCUT2D eigenvalue weighted by Gasteiger charge is -2.15. The summed E-state index contributed by atoms with van der Waals surface area (Å²) in [5.41, 5.74) is 11.0. The first-order valence-electron chi connectivity index (χ1n) is 8.20. The van der Waals surface area contributed by atoms with E-state index in [4.69, 9.17) is 17.3 Å². The number of alkyl halides is 2. The molecule has 0 unspecified atom stereocenters. The summed E-state index contributed by atoms with van der Waals surface area (Å²) in [7, 11) is 0. The number of anilines is 1. The van der Waals surface area contributed by atoms with E-state index >= 15 is 0 Å². The number of phenolic OH excluding ortho intramolecular Hbond substituents is 1. The van der Waals surface area contributed by atoms with Crippen molar-refractivity contribution in [1.82, 2.24) is 15.3 Å². The van der Waals surface area contributed by atoms with Gasteiger partial charge in [0.15, 0.2) is 5.84 Å². The van der Waals surface area contributed by atoms with Crippen molar-refractivity contribution in [3.8, 4) is 17.2 Å². The second-order valence-corrected chi connectivity index (χ2v) is 6.02. The molecule has 9 nitrogen and oxygen atoms in total. The highest BCUT2D eigenvalue weighted by Crippen LogP contribution is 2.27. The van der Waals surface area contributed by atoms with Gasteiger partial charge in [0.25, 0.3) is 5.89 Å². The molecule has 1 aromatic heterocycles. The number of phenols is 1. The van der Waals surface area contributed by atoms with Crippen molar-refractivity contribution in [2.45, 2.75) is 13.0 Å². The van der Waals surface area contributed by atoms with Crippen LogP contribution < -0.4 is 17.3 Å². The van der Waals surface area contributed by atoms with Gasteiger partial charge in [-0.3, -0.25) is 0 Å². The molecule has 0 bridgehead atoms. The number of halogens is 4. The number of amidine groups is 1. The SMILES string of the molecule is N/C(=N\N(N)Cc1c(F)cc(-c2nnc(C(F)F)o2)cc1F)c1ccc(O)c(N)c1. The fourth-order valence-electron chi connectivity index (χ4n) is 2.42. The average Bonchev–Trinajstić information content (AvgIpc) is 3.17. The molecule has 13 heteroatoms. The molecule has 158 valence electrons. The maximum Gasteiger partial charge on any atom is 0.314 e. The Morgan fingerprint density at radius 1 is 1.17 bits per heavy atom. The van der Waals surface area contributed by atoms with Crippen LogP contribution in [0.4, 0.5) is 23.2 Å². The van der Waals surface area contributed by atoms with Crippen molar-refractivity contribution in [2.75, 3.05) is 5.73 Å². The average molecular weight is 425 g/mol. The third kappa shape index (κ3) is 4.41. The Morgan fingerprint density at radius 3 is 2.40 bits per heavy atom. The largest absolute Gasteiger partial charge is 0.506 e. The number of hydrogen-bond donors (Lipinski definition) is 4. The van der Waals surface area contributed by atoms with Gasteiger partial charge in [-0.25, -0.2) is 19.7 Å². The Bertz CT molecular complexity index is 1080. The van der Waals surface area contributed by atoms with Gasteiger partial charge in [0.05, 0.1) is 12.2 Å². The van der Waals surface area contributed by atoms with Crippen LogP contribution in [0.25, 0.3) is 11.5 Å². The first kappa shape index (κ1) is 20.9. The van der Waals surface area contributed by atoms with Gasteiger partial charge in [0.1, 0.15) is 17.4 Å². The molecule has 0 atom stereocenters. The molecule has 0 saturated carbocycles. The van der Waals surface area contributed by atoms with E-state index in [9.17, 15) is 22.7 Å². The summed E-state index contributed by atoms with van der Waals surface area (Å²) < 4.78 is 58.5. The molecule has 0 aliphatic heterocycles. The number of hydrogen-bond acceptors (Lipinski definition) is 8. The van der Waals surface area contributed by atoms with Gasteiger partial charge >= 0.3 is 6.43 Å². The molecule has 0 fully saturated rings. The van der Waals surface area contributed by atoms with Crippen LogP contribution in [0.2, 0.25) is 0 Å². The van der Waals surface area contributed by atoms with Crippen LogP contribution in [0.5, 0.6) is 5.75 Å². The van der Waals surface area contributed by atoms with Crippen LogP contribution >= 0.6 is 0 Å². The molecule has 1 heterocycles. The van der Waals surface area contributed by atoms with Crippen molar-refractivity contribution in [3.05, 3.63) is 59.0 Å². The third-order valence-corrected chi connectivity index (χ3v) is 3.89. The van der Waals surface area contributed by atoms with E-state index < -0.39 is 41.9 Å². The molecule has 0 saturated heterocycles. The minimum Gasteiger partial charge on any atom is -0.506 e. The van der Waals surface area contributed by atoms with E-state index in [-0.39, 0.29) is 22.8 Å². The normalized spacial score (nSPS) is 11.9. The smallest absolute Gasteiger partial charge is 0.314 e. The van der Waals surface area contributed by atoms with Crippen molar-refractivity contribution in [3.63, 3.8) is 0 Å². The van der Waals surface area contributed by atoms with Crippen LogP contribution in [-0.4, -0.2) is 26.3 Å². The monoisotopic (exact) mass is 425 g/mol. The van der Waals surface area contributed by atoms with Gasteiger partial charge in [-0.1, -0.05) is 0 Å². The van der Waals surface area contributed by atoms with E-state index in [1.165, 1.54) is 18.2 Å². The highest BCUT2D eigenvalue weighted by Gasteiger charge is 2.20. The predicted octanol–water partition coefficient (Wildman–Crippen LogP) is 2.24. The molecule has 0 spiro atoms. The number of aromatic hydroxyl groups is 1. The van der Waals surface area contributed by atoms with Crippen LogP contribution in [-0.2, 0) is 6.54 Å². The fourth-order valence-corrected chi connectivity index (χ4v) is 2.42. The lowest BCUT2D eigenvalue weighted by molar-refractivity contribution is 0.116. The van der Waals surface area contributed by atoms with Crippen LogP contribution in [0.1, 0.15) is 23.4 Å². The summed E-state index contributed by atoms with van der Waals surface area (Å²) in [5.74, 6) is 1.87. The molecular weight excluding hydrogens is 410 g/mol. The zero-order chi connectivity index (χ0) is 22.0. The lowest BCUT2D eigenvalue weighted by atomic mass is 10.1. The molecule has 30 heavy (non-hydrogen) atoms. The quantitative estimate of drug-likeness (QED) is 0.0892. The van der Waals surface area contributed by atoms with Crippen molar-refractivity contribution < 1.29 is 27.1 Å². The molecule has 0 aliphatic carbocycles. The van der Waals surface area contributed by atoms with Crippen molar-refractivity contribution in [2.24, 2.45) is 16.7 Å². The molecule has 2 aromatic carbocycles. The molecule has 3 rings (SSSR count). The lowest BCUT2D eigenvalue weighted by Crippen LogP contribution is -2.30. The number of hydrazone groups is 1. The van der Waals surface area contributed by atoms with Crippen LogP contribution in [0.3, 0.4) is 0 Å². The zero-order valence-corrected chi connectivity index (χ0v) is 15.1. The van der Waals surface area contributed by atoms with Gasteiger partial charge in [0.2, 0.25) is 5.89 Å². The van der Waals surface area contributed by atoms with Gasteiger partial charge in [-0.15, -0.1) is 15.3 Å². The number of hydrazine groups is 1. The summed E-state index contributed by atoms with van der Waals surface area (Å²) in [5, 5.41) is 20.4. The second kappa shape index (κ2) is 8.24. The Balaban J connectivity index is 1.81. The number of benzene rings is 2. The maximum atomic E-state index is 14.4. The Labute approximate surface area is 166 Å². The van der Waals surface area contributed by atoms with E-state index in [0.717, 1.165) is 12.1 Å². The summed E-state index contributed by atoms with van der Waals surface area (Å²) in [6.07, 6.45) is -3.02. The summed E-state index contributed by atoms with van der Waals surface area (Å²) in [4.78, 5) is 0. The van der Waals surface area contributed by atoms with Crippen LogP contribution in [0.15, 0.2) is 39.9 Å². The number of aromatic nitrogens is 2. The molecule has 3 aromatic rings. The maximum absolute atomic E-state index is 14.4. The van der Waals surface area contributed by atoms with E-state index in [0.29, 0.717) is 10.7 Å². The van der Waals surface area contributed by atoms with Crippen LogP contribution in [0, 0.1) is 11.6 Å². The summed E-state index contributed by atoms with van der Waals surface area (Å²) in [6.45, 7) is -0.516. The first-order valence-corrected chi connectivity index (χ1v) is 8.20. The van der Waals surface area contributed by atoms with E-state index in [2.05, 4.69) is 19.7 Å². The first-order chi connectivity index (χ1) is 14.2. The predicted molar refractivity (Wildman–Crippen MR) is 97.6 cm³/mol. The minimum atomic E-state index is -3.02. The van der Waals surface area contributed by atoms with Gasteiger partial charge in [-0.05, 0) is 30.3 Å². The summed E-state index contributed by atoms with van der Waals surface area (Å²) >= 11 is 0. The Hall–Kier alpha value is -3.87. The van der Waals surface area contributed by atoms with Gasteiger partial charge < -0.3 is 21.0 Å². The van der Waals surface area contributed by atoms with Crippen molar-refractivity contribution >= 4 is 11.5 Å². The number of rotatable bonds is 6. The van der Waals surface area contributed by atoms with E-state index in [1.54, 1.807) is 0 Å². The molecule has 0 amide bonds. The second-order valence-electron chi connectivity index (χ2n) is 6.02. The molecule has 0 aliphatic rings. The Morgan fingerprint density at radius 2 is 1.83 bits per heavy atom. The number of nitrogens with two attached hydrogens (primary N) is 3. The zero-order valence-electron chi connectivity index (χ0n) is 15.1. The van der Waals surface area contributed by atoms with Gasteiger partial charge in [0, 0.05) is 16.7 Å². The highest BCUT2D eigenvalue weighted by atomic mass is 19.3. The summed E-state index contributed by atoms with van der Waals surface area (Å²) in [6, 6.07) is 5.73. The minimum absolute atomic E-state index is 0.0536. The third-order valence-electron chi connectivity index (χ3n) is 3.89. The Kier molecular flexibility index (Phi) is 5.73. The molecule has 7 N–H and O–H groups in total. The highest BCUT2D eigenvalue weighted by molar-refractivity contribution is 5.98. The number of nitrogen functional groups attached to an aromatic ring is 1. The topological polar surface area (TPSA) is 153 Å². The van der Waals surface area contributed by atoms with Gasteiger partial charge in [-0.2, -0.15) is 8.78 Å². The van der Waals surface area contributed by atoms with E-state index in [1.807, 2.05) is 0 Å². The van der Waals surface area contributed by atoms with Crippen molar-refractivity contribution in [1.29, 1.82) is 0 Å². The standard InChI is InChI=1S/C17H15F4N7O2/c18-10-3-8(16-25-26-17(30-16)14(20)21)4-11(19)9(10)6-28(24)27-15(23)7-1-2-13(29)12(22)5-7/h1-5,14,29H,6,22,24H2,(H2,23,27).